The van der Waals surface area contributed by atoms with Crippen molar-refractivity contribution in [2.45, 2.75) is 64.7 Å². The third-order valence-corrected chi connectivity index (χ3v) is 7.05. The molecule has 0 radical (unpaired) electrons. The second kappa shape index (κ2) is 11.6. The molecule has 0 aromatic heterocycles. The van der Waals surface area contributed by atoms with Crippen molar-refractivity contribution in [3.05, 3.63) is 22.7 Å². The first-order valence-corrected chi connectivity index (χ1v) is 14.0. The number of methoxy groups -OCH3 is 2. The van der Waals surface area contributed by atoms with E-state index in [1.54, 1.807) is 6.92 Å². The van der Waals surface area contributed by atoms with E-state index in [0.717, 1.165) is 12.8 Å². The second-order valence-corrected chi connectivity index (χ2v) is 14.3. The van der Waals surface area contributed by atoms with Gasteiger partial charge in [0.2, 0.25) is 17.3 Å². The Balaban J connectivity index is 2.28. The number of carbonyl (C=O) groups is 2. The van der Waals surface area contributed by atoms with Gasteiger partial charge in [-0.2, -0.15) is 0 Å². The Morgan fingerprint density at radius 1 is 0.704 bits per heavy atom. The monoisotopic (exact) mass is 398 g/mol. The first kappa shape index (κ1) is 23.9. The number of rotatable bonds is 13. The molecule has 5 heteroatoms. The summed E-state index contributed by atoms with van der Waals surface area (Å²) in [5.41, 5.74) is 1.09. The maximum absolute atomic E-state index is 12.5. The van der Waals surface area contributed by atoms with Crippen LogP contribution < -0.4 is 0 Å². The van der Waals surface area contributed by atoms with Gasteiger partial charge in [-0.3, -0.25) is 9.59 Å². The van der Waals surface area contributed by atoms with Crippen LogP contribution in [-0.2, 0) is 19.1 Å². The van der Waals surface area contributed by atoms with Gasteiger partial charge < -0.3 is 9.47 Å². The molecule has 1 rings (SSSR count). The standard InChI is InChI=1S/C22H39O4P/c1-17-18(20(24)22(26-3)21(25-2)19(17)23)15-13-11-9-7-8-10-12-14-16-27(4,5)6/h27H,7-16H2,1-6H3. The fraction of sp³-hybridized carbons (Fsp3) is 0.727. The molecule has 0 atom stereocenters. The molecule has 0 heterocycles. The van der Waals surface area contributed by atoms with E-state index in [1.807, 2.05) is 0 Å². The number of allylic oxidation sites excluding steroid dienone is 2. The van der Waals surface area contributed by atoms with Crippen LogP contribution in [0.3, 0.4) is 0 Å². The predicted molar refractivity (Wildman–Crippen MR) is 116 cm³/mol. The Morgan fingerprint density at radius 2 is 1.15 bits per heavy atom. The van der Waals surface area contributed by atoms with Gasteiger partial charge in [-0.25, -0.2) is 0 Å². The minimum atomic E-state index is -0.867. The van der Waals surface area contributed by atoms with Crippen molar-refractivity contribution in [3.8, 4) is 0 Å². The zero-order valence-corrected chi connectivity index (χ0v) is 19.2. The van der Waals surface area contributed by atoms with E-state index in [9.17, 15) is 9.59 Å². The third kappa shape index (κ3) is 7.78. The van der Waals surface area contributed by atoms with Crippen molar-refractivity contribution < 1.29 is 19.1 Å². The smallest absolute Gasteiger partial charge is 0.285 e. The van der Waals surface area contributed by atoms with E-state index >= 15 is 0 Å². The molecule has 0 amide bonds. The van der Waals surface area contributed by atoms with Crippen LogP contribution in [-0.4, -0.2) is 51.9 Å². The quantitative estimate of drug-likeness (QED) is 0.246. The summed E-state index contributed by atoms with van der Waals surface area (Å²) in [7, 11) is 1.93. The molecule has 27 heavy (non-hydrogen) atoms. The van der Waals surface area contributed by atoms with E-state index in [2.05, 4.69) is 20.0 Å². The molecule has 0 aliphatic heterocycles. The van der Waals surface area contributed by atoms with Crippen LogP contribution in [0.5, 0.6) is 0 Å². The average Bonchev–Trinajstić information content (AvgIpc) is 2.60. The molecule has 0 N–H and O–H groups in total. The van der Waals surface area contributed by atoms with Gasteiger partial charge in [0, 0.05) is 0 Å². The van der Waals surface area contributed by atoms with E-state index < -0.39 is 7.26 Å². The number of unbranched alkanes of at least 4 members (excludes halogenated alkanes) is 7. The van der Waals surface area contributed by atoms with Crippen LogP contribution in [0.25, 0.3) is 0 Å². The molecule has 0 saturated heterocycles. The number of ether oxygens (including phenoxy) is 2. The molecular formula is C22H39O4P. The first-order valence-electron chi connectivity index (χ1n) is 10.3. The van der Waals surface area contributed by atoms with Crippen LogP contribution in [0, 0.1) is 0 Å². The van der Waals surface area contributed by atoms with Crippen molar-refractivity contribution in [2.24, 2.45) is 0 Å². The maximum atomic E-state index is 12.5. The first-order chi connectivity index (χ1) is 12.7. The van der Waals surface area contributed by atoms with Crippen LogP contribution in [0.15, 0.2) is 22.7 Å². The summed E-state index contributed by atoms with van der Waals surface area (Å²) in [6, 6.07) is 0. The zero-order valence-electron chi connectivity index (χ0n) is 18.2. The number of hydrogen-bond acceptors (Lipinski definition) is 4. The SMILES string of the molecule is COC1=C(OC)C(=O)C(CCCCCCCCCC[PH](C)(C)C)=C(C)C1=O. The van der Waals surface area contributed by atoms with Crippen LogP contribution in [0.2, 0.25) is 0 Å². The summed E-state index contributed by atoms with van der Waals surface area (Å²) in [6.45, 7) is 9.03. The normalized spacial score (nSPS) is 16.2. The van der Waals surface area contributed by atoms with Crippen LogP contribution in [0.1, 0.15) is 64.7 Å². The van der Waals surface area contributed by atoms with E-state index in [4.69, 9.17) is 9.47 Å². The van der Waals surface area contributed by atoms with Gasteiger partial charge >= 0.3 is 108 Å². The molecule has 0 bridgehead atoms. The second-order valence-electron chi connectivity index (χ2n) is 8.72. The number of carbonyl (C=O) groups excluding carboxylic acids is 2. The summed E-state index contributed by atoms with van der Waals surface area (Å²) >= 11 is 0. The summed E-state index contributed by atoms with van der Waals surface area (Å²) in [6.07, 6.45) is 11.9. The molecule has 0 unspecified atom stereocenters. The van der Waals surface area contributed by atoms with Crippen LogP contribution >= 0.6 is 7.26 Å². The topological polar surface area (TPSA) is 52.6 Å². The van der Waals surface area contributed by atoms with E-state index in [0.29, 0.717) is 17.6 Å². The molecule has 0 aromatic carbocycles. The Hall–Kier alpha value is -1.15. The van der Waals surface area contributed by atoms with E-state index in [-0.39, 0.29) is 23.1 Å². The summed E-state index contributed by atoms with van der Waals surface area (Å²) in [4.78, 5) is 24.9. The fourth-order valence-corrected chi connectivity index (χ4v) is 4.82. The average molecular weight is 399 g/mol. The Labute approximate surface area is 166 Å². The molecule has 0 spiro atoms. The molecule has 1 aliphatic rings. The molecule has 4 nitrogen and oxygen atoms in total. The zero-order chi connectivity index (χ0) is 20.4. The Morgan fingerprint density at radius 3 is 1.63 bits per heavy atom. The number of Topliss-reactive ketones (excluding diaryl/α,β-unsaturated/α-hetero) is 2. The summed E-state index contributed by atoms with van der Waals surface area (Å²) < 4.78 is 10.2. The summed E-state index contributed by atoms with van der Waals surface area (Å²) in [5, 5.41) is 0. The van der Waals surface area contributed by atoms with Gasteiger partial charge in [-0.15, -0.1) is 0 Å². The third-order valence-electron chi connectivity index (χ3n) is 5.20. The Kier molecular flexibility index (Phi) is 10.3. The van der Waals surface area contributed by atoms with Gasteiger partial charge in [-0.1, -0.05) is 0 Å². The molecule has 0 saturated carbocycles. The number of hydrogen-bond donors (Lipinski definition) is 0. The van der Waals surface area contributed by atoms with Gasteiger partial charge in [0.1, 0.15) is 0 Å². The van der Waals surface area contributed by atoms with E-state index in [1.165, 1.54) is 58.9 Å². The minimum Gasteiger partial charge on any atom is -0.285 e. The van der Waals surface area contributed by atoms with Gasteiger partial charge in [0.05, 0.1) is 14.2 Å². The molecular weight excluding hydrogens is 359 g/mol. The fourth-order valence-electron chi connectivity index (χ4n) is 3.51. The molecule has 0 aromatic rings. The van der Waals surface area contributed by atoms with Crippen molar-refractivity contribution in [3.63, 3.8) is 0 Å². The van der Waals surface area contributed by atoms with Crippen molar-refractivity contribution in [1.29, 1.82) is 0 Å². The summed E-state index contributed by atoms with van der Waals surface area (Å²) in [5.74, 6) is -0.365. The van der Waals surface area contributed by atoms with Crippen molar-refractivity contribution >= 4 is 18.8 Å². The predicted octanol–water partition coefficient (Wildman–Crippen LogP) is 5.11. The molecule has 1 aliphatic carbocycles. The van der Waals surface area contributed by atoms with Crippen molar-refractivity contribution in [1.82, 2.24) is 0 Å². The van der Waals surface area contributed by atoms with Gasteiger partial charge in [0.25, 0.3) is 0 Å². The van der Waals surface area contributed by atoms with Crippen LogP contribution in [0.4, 0.5) is 0 Å². The minimum absolute atomic E-state index is 0.0258. The van der Waals surface area contributed by atoms with Gasteiger partial charge in [-0.05, 0) is 6.92 Å². The molecule has 156 valence electrons. The Bertz CT molecular complexity index is 582. The number of ketones is 2. The molecule has 0 fully saturated rings. The van der Waals surface area contributed by atoms with Gasteiger partial charge in [0.15, 0.2) is 0 Å². The van der Waals surface area contributed by atoms with Crippen molar-refractivity contribution in [2.75, 3.05) is 40.4 Å².